The fourth-order valence-corrected chi connectivity index (χ4v) is 6.43. The summed E-state index contributed by atoms with van der Waals surface area (Å²) in [5.41, 5.74) is 1.02. The van der Waals surface area contributed by atoms with Gasteiger partial charge < -0.3 is 10.0 Å². The van der Waals surface area contributed by atoms with Gasteiger partial charge in [-0.05, 0) is 37.8 Å². The molecule has 0 radical (unpaired) electrons. The predicted molar refractivity (Wildman–Crippen MR) is 117 cm³/mol. The Kier molecular flexibility index (Phi) is 5.84. The number of rotatable bonds is 4. The van der Waals surface area contributed by atoms with Gasteiger partial charge in [-0.15, -0.1) is 0 Å². The monoisotopic (exact) mass is 417 g/mol. The lowest BCUT2D eigenvalue weighted by Gasteiger charge is -2.41. The highest BCUT2D eigenvalue weighted by Gasteiger charge is 2.34. The van der Waals surface area contributed by atoms with E-state index in [0.29, 0.717) is 18.0 Å². The molecular formula is C22H31N3O3S. The van der Waals surface area contributed by atoms with E-state index in [0.717, 1.165) is 55.2 Å². The summed E-state index contributed by atoms with van der Waals surface area (Å²) in [6.45, 7) is 2.79. The summed E-state index contributed by atoms with van der Waals surface area (Å²) < 4.78 is 28.9. The van der Waals surface area contributed by atoms with E-state index in [2.05, 4.69) is 4.90 Å². The van der Waals surface area contributed by atoms with Gasteiger partial charge in [-0.2, -0.15) is 4.31 Å². The van der Waals surface area contributed by atoms with Crippen LogP contribution in [0.1, 0.15) is 25.7 Å². The van der Waals surface area contributed by atoms with Crippen molar-refractivity contribution in [3.63, 3.8) is 0 Å². The molecule has 0 amide bonds. The minimum atomic E-state index is -3.57. The van der Waals surface area contributed by atoms with Gasteiger partial charge in [-0.3, -0.25) is 4.90 Å². The lowest BCUT2D eigenvalue weighted by atomic mass is 10.0. The SMILES string of the molecule is CN(C)c1cccc2c(S(=O)(=O)N3CCC[C@H](N4CCC(O)CC4)C3)cccc12. The first-order chi connectivity index (χ1) is 13.9. The van der Waals surface area contributed by atoms with E-state index < -0.39 is 10.0 Å². The van der Waals surface area contributed by atoms with Gasteiger partial charge in [0.15, 0.2) is 0 Å². The Bertz CT molecular complexity index is 968. The number of hydrogen-bond acceptors (Lipinski definition) is 5. The van der Waals surface area contributed by atoms with Gasteiger partial charge in [0, 0.05) is 62.8 Å². The van der Waals surface area contributed by atoms with E-state index in [4.69, 9.17) is 0 Å². The van der Waals surface area contributed by atoms with Gasteiger partial charge in [-0.25, -0.2) is 8.42 Å². The van der Waals surface area contributed by atoms with Crippen LogP contribution in [-0.2, 0) is 10.0 Å². The molecule has 1 N–H and O–H groups in total. The summed E-state index contributed by atoms with van der Waals surface area (Å²) in [7, 11) is 0.371. The molecule has 2 aliphatic rings. The molecule has 2 aromatic carbocycles. The maximum atomic E-state index is 13.6. The molecule has 6 nitrogen and oxygen atoms in total. The van der Waals surface area contributed by atoms with Crippen molar-refractivity contribution in [2.24, 2.45) is 0 Å². The number of benzene rings is 2. The minimum Gasteiger partial charge on any atom is -0.393 e. The maximum Gasteiger partial charge on any atom is 0.243 e. The zero-order valence-electron chi connectivity index (χ0n) is 17.3. The van der Waals surface area contributed by atoms with Gasteiger partial charge in [-0.1, -0.05) is 24.3 Å². The number of sulfonamides is 1. The Morgan fingerprint density at radius 3 is 2.38 bits per heavy atom. The van der Waals surface area contributed by atoms with Crippen molar-refractivity contribution in [2.45, 2.75) is 42.7 Å². The molecular weight excluding hydrogens is 386 g/mol. The molecule has 29 heavy (non-hydrogen) atoms. The normalized spacial score (nSPS) is 22.8. The summed E-state index contributed by atoms with van der Waals surface area (Å²) in [6, 6.07) is 11.6. The van der Waals surface area contributed by atoms with Gasteiger partial charge in [0.25, 0.3) is 0 Å². The smallest absolute Gasteiger partial charge is 0.243 e. The van der Waals surface area contributed by atoms with E-state index >= 15 is 0 Å². The number of nitrogens with zero attached hydrogens (tertiary/aromatic N) is 3. The van der Waals surface area contributed by atoms with Crippen molar-refractivity contribution in [1.29, 1.82) is 0 Å². The summed E-state index contributed by atoms with van der Waals surface area (Å²) in [5.74, 6) is 0. The van der Waals surface area contributed by atoms with E-state index in [1.807, 2.05) is 49.3 Å². The van der Waals surface area contributed by atoms with Crippen molar-refractivity contribution in [2.75, 3.05) is 45.2 Å². The first-order valence-corrected chi connectivity index (χ1v) is 11.9. The van der Waals surface area contributed by atoms with Crippen molar-refractivity contribution in [3.8, 4) is 0 Å². The van der Waals surface area contributed by atoms with Crippen LogP contribution in [0.25, 0.3) is 10.8 Å². The van der Waals surface area contributed by atoms with Crippen molar-refractivity contribution < 1.29 is 13.5 Å². The minimum absolute atomic E-state index is 0.212. The van der Waals surface area contributed by atoms with Crippen LogP contribution in [-0.4, -0.2) is 75.1 Å². The molecule has 0 aliphatic carbocycles. The summed E-state index contributed by atoms with van der Waals surface area (Å²) in [5, 5.41) is 11.5. The standard InChI is InChI=1S/C22H31N3O3S/c1-23(2)21-9-3-8-20-19(21)7-4-10-22(20)29(27,28)25-13-5-6-17(16-25)24-14-11-18(26)12-15-24/h3-4,7-10,17-18,26H,5-6,11-16H2,1-2H3/t17-/m0/s1. The molecule has 2 aliphatic heterocycles. The largest absolute Gasteiger partial charge is 0.393 e. The Balaban J connectivity index is 1.64. The number of anilines is 1. The van der Waals surface area contributed by atoms with E-state index in [1.54, 1.807) is 10.4 Å². The van der Waals surface area contributed by atoms with Crippen LogP contribution in [0.5, 0.6) is 0 Å². The Hall–Kier alpha value is -1.67. The molecule has 2 heterocycles. The molecule has 0 aromatic heterocycles. The lowest BCUT2D eigenvalue weighted by molar-refractivity contribution is 0.0455. The zero-order valence-corrected chi connectivity index (χ0v) is 18.1. The maximum absolute atomic E-state index is 13.6. The van der Waals surface area contributed by atoms with Gasteiger partial charge >= 0.3 is 0 Å². The van der Waals surface area contributed by atoms with Crippen LogP contribution >= 0.6 is 0 Å². The average molecular weight is 418 g/mol. The summed E-state index contributed by atoms with van der Waals surface area (Å²) in [4.78, 5) is 4.77. The van der Waals surface area contributed by atoms with E-state index in [9.17, 15) is 13.5 Å². The van der Waals surface area contributed by atoms with Crippen LogP contribution < -0.4 is 4.90 Å². The molecule has 2 aromatic rings. The number of hydrogen-bond donors (Lipinski definition) is 1. The second kappa shape index (κ2) is 8.22. The van der Waals surface area contributed by atoms with Crippen molar-refractivity contribution in [1.82, 2.24) is 9.21 Å². The van der Waals surface area contributed by atoms with Crippen molar-refractivity contribution in [3.05, 3.63) is 36.4 Å². The molecule has 0 saturated carbocycles. The topological polar surface area (TPSA) is 64.1 Å². The second-order valence-corrected chi connectivity index (χ2v) is 10.4. The average Bonchev–Trinajstić information content (AvgIpc) is 2.73. The molecule has 4 rings (SSSR count). The van der Waals surface area contributed by atoms with Crippen LogP contribution in [0.2, 0.25) is 0 Å². The fraction of sp³-hybridized carbons (Fsp3) is 0.545. The van der Waals surface area contributed by atoms with Crippen LogP contribution in [0.15, 0.2) is 41.3 Å². The lowest BCUT2D eigenvalue weighted by Crippen LogP contribution is -2.52. The third-order valence-corrected chi connectivity index (χ3v) is 8.26. The Labute approximate surface area is 173 Å². The summed E-state index contributed by atoms with van der Waals surface area (Å²) in [6.07, 6.45) is 3.23. The Morgan fingerprint density at radius 2 is 1.66 bits per heavy atom. The van der Waals surface area contributed by atoms with Crippen LogP contribution in [0.4, 0.5) is 5.69 Å². The van der Waals surface area contributed by atoms with E-state index in [1.165, 1.54) is 0 Å². The number of likely N-dealkylation sites (tertiary alicyclic amines) is 1. The molecule has 0 spiro atoms. The molecule has 2 fully saturated rings. The quantitative estimate of drug-likeness (QED) is 0.828. The molecule has 158 valence electrons. The first kappa shape index (κ1) is 20.6. The second-order valence-electron chi connectivity index (χ2n) is 8.45. The molecule has 0 bridgehead atoms. The predicted octanol–water partition coefficient (Wildman–Crippen LogP) is 2.52. The van der Waals surface area contributed by atoms with Gasteiger partial charge in [0.1, 0.15) is 0 Å². The highest BCUT2D eigenvalue weighted by Crippen LogP contribution is 2.33. The van der Waals surface area contributed by atoms with Gasteiger partial charge in [0.05, 0.1) is 11.0 Å². The van der Waals surface area contributed by atoms with Crippen molar-refractivity contribution >= 4 is 26.5 Å². The molecule has 1 atom stereocenters. The number of aliphatic hydroxyl groups is 1. The molecule has 0 unspecified atom stereocenters. The first-order valence-electron chi connectivity index (χ1n) is 10.5. The summed E-state index contributed by atoms with van der Waals surface area (Å²) >= 11 is 0. The highest BCUT2D eigenvalue weighted by molar-refractivity contribution is 7.89. The number of fused-ring (bicyclic) bond motifs is 1. The molecule has 2 saturated heterocycles. The number of aliphatic hydroxyl groups excluding tert-OH is 1. The fourth-order valence-electron chi connectivity index (χ4n) is 4.71. The van der Waals surface area contributed by atoms with E-state index in [-0.39, 0.29) is 12.1 Å². The van der Waals surface area contributed by atoms with Crippen LogP contribution in [0.3, 0.4) is 0 Å². The molecule has 7 heteroatoms. The third kappa shape index (κ3) is 4.01. The van der Waals surface area contributed by atoms with Gasteiger partial charge in [0.2, 0.25) is 10.0 Å². The zero-order chi connectivity index (χ0) is 20.6. The third-order valence-electron chi connectivity index (χ3n) is 6.33. The number of piperidine rings is 2. The Morgan fingerprint density at radius 1 is 0.966 bits per heavy atom. The highest BCUT2D eigenvalue weighted by atomic mass is 32.2. The van der Waals surface area contributed by atoms with Crippen LogP contribution in [0, 0.1) is 0 Å².